The van der Waals surface area contributed by atoms with E-state index in [1.807, 2.05) is 12.1 Å². The van der Waals surface area contributed by atoms with Crippen LogP contribution in [0, 0.1) is 5.41 Å². The van der Waals surface area contributed by atoms with Crippen molar-refractivity contribution in [1.29, 1.82) is 0 Å². The molecule has 0 amide bonds. The number of pyridine rings is 2. The largest absolute Gasteiger partial charge is 0.383 e. The van der Waals surface area contributed by atoms with Crippen molar-refractivity contribution in [2.24, 2.45) is 11.1 Å². The van der Waals surface area contributed by atoms with E-state index in [9.17, 15) is 0 Å². The van der Waals surface area contributed by atoms with Gasteiger partial charge in [-0.25, -0.2) is 0 Å². The number of hydrogen-bond donors (Lipinski definition) is 2. The number of anilines is 1. The van der Waals surface area contributed by atoms with Crippen LogP contribution in [0.2, 0.25) is 0 Å². The van der Waals surface area contributed by atoms with Gasteiger partial charge >= 0.3 is 0 Å². The van der Waals surface area contributed by atoms with Gasteiger partial charge in [-0.15, -0.1) is 0 Å². The van der Waals surface area contributed by atoms with E-state index in [1.54, 1.807) is 12.4 Å². The summed E-state index contributed by atoms with van der Waals surface area (Å²) in [5, 5.41) is 3.40. The fourth-order valence-electron chi connectivity index (χ4n) is 1.55. The lowest BCUT2D eigenvalue weighted by Crippen LogP contribution is -2.31. The first-order chi connectivity index (χ1) is 8.52. The minimum Gasteiger partial charge on any atom is -0.383 e. The molecule has 5 heteroatoms. The highest BCUT2D eigenvalue weighted by molar-refractivity contribution is 9.10. The first-order valence-corrected chi connectivity index (χ1v) is 6.65. The Morgan fingerprint density at radius 2 is 2.17 bits per heavy atom. The Balaban J connectivity index is 2.29. The molecule has 18 heavy (non-hydrogen) atoms. The fourth-order valence-corrected chi connectivity index (χ4v) is 1.87. The molecule has 0 bridgehead atoms. The van der Waals surface area contributed by atoms with Crippen LogP contribution < -0.4 is 11.1 Å². The molecule has 0 radical (unpaired) electrons. The highest BCUT2D eigenvalue weighted by Gasteiger charge is 2.15. The summed E-state index contributed by atoms with van der Waals surface area (Å²) in [7, 11) is 0. The fraction of sp³-hybridized carbons (Fsp3) is 0.385. The summed E-state index contributed by atoms with van der Waals surface area (Å²) >= 11 is 3.40. The van der Waals surface area contributed by atoms with Crippen molar-refractivity contribution >= 4 is 32.7 Å². The third kappa shape index (κ3) is 2.97. The predicted molar refractivity (Wildman–Crippen MR) is 78.6 cm³/mol. The minimum absolute atomic E-state index is 0.0605. The molecule has 0 aliphatic heterocycles. The van der Waals surface area contributed by atoms with Crippen LogP contribution in [-0.4, -0.2) is 23.1 Å². The van der Waals surface area contributed by atoms with E-state index in [1.165, 1.54) is 0 Å². The van der Waals surface area contributed by atoms with E-state index in [0.717, 1.165) is 27.7 Å². The second-order valence-electron chi connectivity index (χ2n) is 5.10. The molecule has 0 saturated carbocycles. The van der Waals surface area contributed by atoms with Gasteiger partial charge in [0.15, 0.2) is 0 Å². The van der Waals surface area contributed by atoms with Crippen LogP contribution in [0.5, 0.6) is 0 Å². The zero-order chi connectivity index (χ0) is 13.2. The van der Waals surface area contributed by atoms with Gasteiger partial charge in [0.2, 0.25) is 0 Å². The summed E-state index contributed by atoms with van der Waals surface area (Å²) in [4.78, 5) is 8.71. The molecular weight excluding hydrogens is 292 g/mol. The number of hydrogen-bond acceptors (Lipinski definition) is 4. The molecule has 2 rings (SSSR count). The molecule has 2 heterocycles. The second-order valence-corrected chi connectivity index (χ2v) is 6.02. The van der Waals surface area contributed by atoms with Gasteiger partial charge in [-0.2, -0.15) is 0 Å². The molecule has 96 valence electrons. The number of rotatable bonds is 4. The molecular formula is C13H17BrN4. The maximum Gasteiger partial charge on any atom is 0.112 e. The van der Waals surface area contributed by atoms with E-state index >= 15 is 0 Å². The monoisotopic (exact) mass is 308 g/mol. The maximum absolute atomic E-state index is 5.73. The van der Waals surface area contributed by atoms with Crippen molar-refractivity contribution in [3.05, 3.63) is 29.0 Å². The summed E-state index contributed by atoms with van der Waals surface area (Å²) in [5.74, 6) is 0. The average Bonchev–Trinajstić information content (AvgIpc) is 2.36. The Hall–Kier alpha value is -1.20. The highest BCUT2D eigenvalue weighted by atomic mass is 79.9. The summed E-state index contributed by atoms with van der Waals surface area (Å²) in [6, 6.07) is 3.90. The van der Waals surface area contributed by atoms with E-state index < -0.39 is 0 Å². The van der Waals surface area contributed by atoms with Gasteiger partial charge in [-0.3, -0.25) is 9.97 Å². The molecule has 0 spiro atoms. The summed E-state index contributed by atoms with van der Waals surface area (Å²) in [5.41, 5.74) is 8.54. The lowest BCUT2D eigenvalue weighted by atomic mass is 9.94. The number of halogens is 1. The Bertz CT molecular complexity index is 554. The zero-order valence-electron chi connectivity index (χ0n) is 10.6. The number of aromatic nitrogens is 2. The van der Waals surface area contributed by atoms with Crippen molar-refractivity contribution in [3.63, 3.8) is 0 Å². The van der Waals surface area contributed by atoms with E-state index in [2.05, 4.69) is 45.1 Å². The van der Waals surface area contributed by atoms with Crippen LogP contribution in [0.1, 0.15) is 13.8 Å². The molecule has 0 unspecified atom stereocenters. The van der Waals surface area contributed by atoms with Crippen molar-refractivity contribution in [2.75, 3.05) is 18.4 Å². The van der Waals surface area contributed by atoms with Crippen molar-refractivity contribution in [1.82, 2.24) is 9.97 Å². The normalized spacial score (nSPS) is 11.8. The number of nitrogens with zero attached hydrogens (tertiary/aromatic N) is 2. The first kappa shape index (κ1) is 13.2. The molecule has 0 aliphatic rings. The summed E-state index contributed by atoms with van der Waals surface area (Å²) < 4.78 is 0.932. The third-order valence-electron chi connectivity index (χ3n) is 2.85. The van der Waals surface area contributed by atoms with Gasteiger partial charge in [0.25, 0.3) is 0 Å². The van der Waals surface area contributed by atoms with Crippen molar-refractivity contribution in [3.8, 4) is 0 Å². The minimum atomic E-state index is 0.0605. The molecule has 3 N–H and O–H groups in total. The van der Waals surface area contributed by atoms with Crippen LogP contribution in [0.15, 0.2) is 29.0 Å². The molecule has 0 fully saturated rings. The van der Waals surface area contributed by atoms with Crippen LogP contribution in [-0.2, 0) is 0 Å². The Morgan fingerprint density at radius 3 is 2.89 bits per heavy atom. The number of fused-ring (bicyclic) bond motifs is 1. The summed E-state index contributed by atoms with van der Waals surface area (Å²) in [6.07, 6.45) is 3.57. The molecule has 0 aromatic carbocycles. The molecule has 0 atom stereocenters. The Morgan fingerprint density at radius 1 is 1.39 bits per heavy atom. The molecule has 2 aromatic heterocycles. The lowest BCUT2D eigenvalue weighted by molar-refractivity contribution is 0.406. The van der Waals surface area contributed by atoms with Crippen LogP contribution in [0.3, 0.4) is 0 Å². The van der Waals surface area contributed by atoms with Gasteiger partial charge < -0.3 is 11.1 Å². The number of nitrogens with one attached hydrogen (secondary N) is 1. The Labute approximate surface area is 115 Å². The van der Waals surface area contributed by atoms with Gasteiger partial charge in [-0.1, -0.05) is 13.8 Å². The smallest absolute Gasteiger partial charge is 0.112 e. The van der Waals surface area contributed by atoms with Crippen LogP contribution in [0.4, 0.5) is 5.69 Å². The molecule has 2 aromatic rings. The van der Waals surface area contributed by atoms with Gasteiger partial charge in [0, 0.05) is 23.4 Å². The average molecular weight is 309 g/mol. The zero-order valence-corrected chi connectivity index (χ0v) is 12.2. The lowest BCUT2D eigenvalue weighted by Gasteiger charge is -2.23. The molecule has 0 aliphatic carbocycles. The first-order valence-electron chi connectivity index (χ1n) is 5.86. The molecule has 4 nitrogen and oxygen atoms in total. The van der Waals surface area contributed by atoms with E-state index in [4.69, 9.17) is 5.73 Å². The maximum atomic E-state index is 5.73. The van der Waals surface area contributed by atoms with Gasteiger partial charge in [-0.05, 0) is 40.0 Å². The second kappa shape index (κ2) is 5.20. The highest BCUT2D eigenvalue weighted by Crippen LogP contribution is 2.23. The third-order valence-corrected chi connectivity index (χ3v) is 3.29. The quantitative estimate of drug-likeness (QED) is 0.911. The van der Waals surface area contributed by atoms with Gasteiger partial charge in [0.05, 0.1) is 11.2 Å². The van der Waals surface area contributed by atoms with Crippen LogP contribution >= 0.6 is 15.9 Å². The predicted octanol–water partition coefficient (Wildman–Crippen LogP) is 2.79. The topological polar surface area (TPSA) is 63.8 Å². The van der Waals surface area contributed by atoms with E-state index in [-0.39, 0.29) is 5.41 Å². The summed E-state index contributed by atoms with van der Waals surface area (Å²) in [6.45, 7) is 5.71. The Kier molecular flexibility index (Phi) is 3.82. The standard InChI is InChI=1S/C13H17BrN4/c1-13(2,7-15)8-18-10-3-4-16-11-5-9(14)6-17-12(10)11/h3-6H,7-8,15H2,1-2H3,(H,16,18). The molecule has 0 saturated heterocycles. The van der Waals surface area contributed by atoms with Crippen molar-refractivity contribution in [2.45, 2.75) is 13.8 Å². The number of nitrogens with two attached hydrogens (primary N) is 1. The SMILES string of the molecule is CC(C)(CN)CNc1ccnc2cc(Br)cnc12. The van der Waals surface area contributed by atoms with Crippen molar-refractivity contribution < 1.29 is 0 Å². The van der Waals surface area contributed by atoms with E-state index in [0.29, 0.717) is 6.54 Å². The van der Waals surface area contributed by atoms with Gasteiger partial charge in [0.1, 0.15) is 5.52 Å². The van der Waals surface area contributed by atoms with Crippen LogP contribution in [0.25, 0.3) is 11.0 Å².